The van der Waals surface area contributed by atoms with Crippen molar-refractivity contribution in [1.82, 2.24) is 5.32 Å². The normalized spacial score (nSPS) is 14.6. The van der Waals surface area contributed by atoms with Gasteiger partial charge in [0.1, 0.15) is 5.60 Å². The van der Waals surface area contributed by atoms with E-state index in [4.69, 9.17) is 13.7 Å². The summed E-state index contributed by atoms with van der Waals surface area (Å²) in [6.07, 6.45) is -0.202. The van der Waals surface area contributed by atoms with E-state index in [2.05, 4.69) is 5.32 Å². The van der Waals surface area contributed by atoms with Crippen LogP contribution in [0.15, 0.2) is 30.3 Å². The highest BCUT2D eigenvalue weighted by atomic mass is 32.2. The fourth-order valence-electron chi connectivity index (χ4n) is 1.87. The molecule has 1 rings (SSSR count). The SMILES string of the molecule is CC(OCc1ccccc1)C(COS(C)(=O)=O)NC(=O)OC(C)(C)C. The lowest BCUT2D eigenvalue weighted by atomic mass is 10.2. The molecule has 0 radical (unpaired) electrons. The van der Waals surface area contributed by atoms with Gasteiger partial charge in [-0.1, -0.05) is 30.3 Å². The van der Waals surface area contributed by atoms with Crippen LogP contribution < -0.4 is 5.32 Å². The minimum absolute atomic E-state index is 0.242. The van der Waals surface area contributed by atoms with Crippen molar-refractivity contribution in [2.24, 2.45) is 0 Å². The van der Waals surface area contributed by atoms with Crippen LogP contribution in [0.2, 0.25) is 0 Å². The smallest absolute Gasteiger partial charge is 0.408 e. The Morgan fingerprint density at radius 2 is 1.80 bits per heavy atom. The van der Waals surface area contributed by atoms with E-state index in [0.29, 0.717) is 6.61 Å². The zero-order valence-electron chi connectivity index (χ0n) is 15.3. The maximum Gasteiger partial charge on any atom is 0.408 e. The summed E-state index contributed by atoms with van der Waals surface area (Å²) in [4.78, 5) is 12.0. The first-order valence-electron chi connectivity index (χ1n) is 7.96. The van der Waals surface area contributed by atoms with Crippen LogP contribution in [0, 0.1) is 0 Å². The van der Waals surface area contributed by atoms with Crippen molar-refractivity contribution in [3.8, 4) is 0 Å². The summed E-state index contributed by atoms with van der Waals surface area (Å²) in [5, 5.41) is 2.61. The van der Waals surface area contributed by atoms with E-state index in [1.54, 1.807) is 27.7 Å². The van der Waals surface area contributed by atoms with Crippen LogP contribution in [0.5, 0.6) is 0 Å². The molecule has 7 nitrogen and oxygen atoms in total. The van der Waals surface area contributed by atoms with E-state index >= 15 is 0 Å². The van der Waals surface area contributed by atoms with Crippen molar-refractivity contribution in [1.29, 1.82) is 0 Å². The Morgan fingerprint density at radius 3 is 2.32 bits per heavy atom. The van der Waals surface area contributed by atoms with Gasteiger partial charge < -0.3 is 14.8 Å². The molecule has 1 N–H and O–H groups in total. The van der Waals surface area contributed by atoms with Crippen LogP contribution in [0.4, 0.5) is 4.79 Å². The molecule has 0 saturated heterocycles. The van der Waals surface area contributed by atoms with Crippen molar-refractivity contribution in [3.05, 3.63) is 35.9 Å². The molecular weight excluding hydrogens is 346 g/mol. The second-order valence-corrected chi connectivity index (χ2v) is 8.39. The summed E-state index contributed by atoms with van der Waals surface area (Å²) in [6, 6.07) is 8.83. The molecule has 0 heterocycles. The molecule has 0 aliphatic carbocycles. The predicted molar refractivity (Wildman–Crippen MR) is 94.6 cm³/mol. The van der Waals surface area contributed by atoms with Gasteiger partial charge in [0.2, 0.25) is 0 Å². The number of alkyl carbamates (subject to hydrolysis) is 1. The summed E-state index contributed by atoms with van der Waals surface area (Å²) >= 11 is 0. The van der Waals surface area contributed by atoms with Crippen LogP contribution in [0.3, 0.4) is 0 Å². The van der Waals surface area contributed by atoms with E-state index in [-0.39, 0.29) is 6.61 Å². The highest BCUT2D eigenvalue weighted by Crippen LogP contribution is 2.10. The Hall–Kier alpha value is -1.64. The first kappa shape index (κ1) is 21.4. The molecule has 0 aliphatic heterocycles. The van der Waals surface area contributed by atoms with E-state index < -0.39 is 34.0 Å². The van der Waals surface area contributed by atoms with Crippen molar-refractivity contribution in [2.45, 2.75) is 52.0 Å². The van der Waals surface area contributed by atoms with Gasteiger partial charge in [-0.05, 0) is 33.3 Å². The second kappa shape index (κ2) is 9.17. The number of hydrogen-bond acceptors (Lipinski definition) is 6. The van der Waals surface area contributed by atoms with Crippen LogP contribution in [0.25, 0.3) is 0 Å². The van der Waals surface area contributed by atoms with Gasteiger partial charge in [0, 0.05) is 0 Å². The average Bonchev–Trinajstić information content (AvgIpc) is 2.47. The van der Waals surface area contributed by atoms with Crippen LogP contribution in [-0.2, 0) is 30.4 Å². The molecule has 25 heavy (non-hydrogen) atoms. The zero-order valence-corrected chi connectivity index (χ0v) is 16.1. The Bertz CT molecular complexity index is 639. The zero-order chi connectivity index (χ0) is 19.1. The molecule has 1 aromatic rings. The Labute approximate surface area is 149 Å². The fourth-order valence-corrected chi connectivity index (χ4v) is 2.26. The summed E-state index contributed by atoms with van der Waals surface area (Å²) in [6.45, 7) is 7.04. The molecule has 142 valence electrons. The first-order valence-corrected chi connectivity index (χ1v) is 9.77. The molecule has 1 aromatic carbocycles. The molecule has 2 unspecified atom stereocenters. The minimum Gasteiger partial charge on any atom is -0.444 e. The highest BCUT2D eigenvalue weighted by molar-refractivity contribution is 7.85. The van der Waals surface area contributed by atoms with Gasteiger partial charge >= 0.3 is 6.09 Å². The van der Waals surface area contributed by atoms with Gasteiger partial charge in [-0.25, -0.2) is 4.79 Å². The molecular formula is C17H27NO6S. The van der Waals surface area contributed by atoms with Crippen molar-refractivity contribution < 1.29 is 26.9 Å². The summed E-state index contributed by atoms with van der Waals surface area (Å²) in [5.74, 6) is 0. The van der Waals surface area contributed by atoms with Crippen LogP contribution >= 0.6 is 0 Å². The van der Waals surface area contributed by atoms with Gasteiger partial charge in [0.05, 0.1) is 31.6 Å². The Morgan fingerprint density at radius 1 is 1.20 bits per heavy atom. The number of amides is 1. The minimum atomic E-state index is -3.64. The number of carbonyl (C=O) groups excluding carboxylic acids is 1. The average molecular weight is 373 g/mol. The lowest BCUT2D eigenvalue weighted by Gasteiger charge is -2.27. The molecule has 0 saturated carbocycles. The number of nitrogens with one attached hydrogen (secondary N) is 1. The van der Waals surface area contributed by atoms with Crippen molar-refractivity contribution in [2.75, 3.05) is 12.9 Å². The van der Waals surface area contributed by atoms with E-state index in [1.165, 1.54) is 0 Å². The first-order chi connectivity index (χ1) is 11.5. The third-order valence-corrected chi connectivity index (χ3v) is 3.65. The topological polar surface area (TPSA) is 90.9 Å². The highest BCUT2D eigenvalue weighted by Gasteiger charge is 2.25. The number of benzene rings is 1. The lowest BCUT2D eigenvalue weighted by molar-refractivity contribution is 0.00544. The van der Waals surface area contributed by atoms with Gasteiger partial charge in [-0.2, -0.15) is 8.42 Å². The molecule has 1 amide bonds. The van der Waals surface area contributed by atoms with Gasteiger partial charge in [-0.15, -0.1) is 0 Å². The number of hydrogen-bond donors (Lipinski definition) is 1. The quantitative estimate of drug-likeness (QED) is 0.704. The number of carbonyl (C=O) groups is 1. The molecule has 2 atom stereocenters. The second-order valence-electron chi connectivity index (χ2n) is 6.74. The monoisotopic (exact) mass is 373 g/mol. The third-order valence-electron chi connectivity index (χ3n) is 3.09. The summed E-state index contributed by atoms with van der Waals surface area (Å²) in [7, 11) is -3.64. The van der Waals surface area contributed by atoms with E-state index in [9.17, 15) is 13.2 Å². The molecule has 0 bridgehead atoms. The molecule has 0 aliphatic rings. The largest absolute Gasteiger partial charge is 0.444 e. The summed E-state index contributed by atoms with van der Waals surface area (Å²) < 4.78 is 38.3. The number of ether oxygens (including phenoxy) is 2. The lowest BCUT2D eigenvalue weighted by Crippen LogP contribution is -2.48. The maximum absolute atomic E-state index is 12.0. The Kier molecular flexibility index (Phi) is 7.85. The molecule has 0 spiro atoms. The molecule has 8 heteroatoms. The Balaban J connectivity index is 2.69. The molecule has 0 fully saturated rings. The summed E-state index contributed by atoms with van der Waals surface area (Å²) in [5.41, 5.74) is 0.301. The molecule has 0 aromatic heterocycles. The van der Waals surface area contributed by atoms with Crippen molar-refractivity contribution >= 4 is 16.2 Å². The van der Waals surface area contributed by atoms with Gasteiger partial charge in [0.25, 0.3) is 10.1 Å². The van der Waals surface area contributed by atoms with E-state index in [1.807, 2.05) is 30.3 Å². The van der Waals surface area contributed by atoms with Gasteiger partial charge in [-0.3, -0.25) is 4.18 Å². The standard InChI is InChI=1S/C17H27NO6S/c1-13(22-11-14-9-7-6-8-10-14)15(12-23-25(5,20)21)18-16(19)24-17(2,3)4/h6-10,13,15H,11-12H2,1-5H3,(H,18,19). The van der Waals surface area contributed by atoms with Crippen LogP contribution in [-0.4, -0.2) is 45.1 Å². The third kappa shape index (κ3) is 10.1. The number of rotatable bonds is 8. The maximum atomic E-state index is 12.0. The predicted octanol–water partition coefficient (Wildman–Crippen LogP) is 2.46. The van der Waals surface area contributed by atoms with E-state index in [0.717, 1.165) is 11.8 Å². The van der Waals surface area contributed by atoms with Crippen LogP contribution in [0.1, 0.15) is 33.3 Å². The van der Waals surface area contributed by atoms with Crippen molar-refractivity contribution in [3.63, 3.8) is 0 Å². The van der Waals surface area contributed by atoms with Gasteiger partial charge in [0.15, 0.2) is 0 Å². The fraction of sp³-hybridized carbons (Fsp3) is 0.588.